The maximum Gasteiger partial charge on any atom is 0.237 e. The summed E-state index contributed by atoms with van der Waals surface area (Å²) in [5.74, 6) is -0.149. The Bertz CT molecular complexity index is 416. The van der Waals surface area contributed by atoms with Crippen molar-refractivity contribution in [2.24, 2.45) is 0 Å². The lowest BCUT2D eigenvalue weighted by molar-refractivity contribution is -0.128. The van der Waals surface area contributed by atoms with Crippen LogP contribution in [-0.2, 0) is 4.79 Å². The molecule has 4 nitrogen and oxygen atoms in total. The molecule has 0 radical (unpaired) electrons. The third kappa shape index (κ3) is 4.49. The lowest BCUT2D eigenvalue weighted by atomic mass is 10.1. The quantitative estimate of drug-likeness (QED) is 0.891. The molecule has 1 aromatic rings. The van der Waals surface area contributed by atoms with E-state index in [1.54, 1.807) is 24.3 Å². The lowest BCUT2D eigenvalue weighted by Gasteiger charge is -2.27. The summed E-state index contributed by atoms with van der Waals surface area (Å²) in [6, 6.07) is 6.90. The molecule has 1 aromatic carbocycles. The van der Waals surface area contributed by atoms with Crippen molar-refractivity contribution < 1.29 is 9.90 Å². The first kappa shape index (κ1) is 14.3. The van der Waals surface area contributed by atoms with E-state index >= 15 is 0 Å². The third-order valence-electron chi connectivity index (χ3n) is 3.27. The molecule has 1 amide bonds. The monoisotopic (exact) mass is 282 g/mol. The molecule has 2 N–H and O–H groups in total. The number of hydrogen-bond donors (Lipinski definition) is 2. The molecule has 1 saturated heterocycles. The molecule has 1 aliphatic heterocycles. The fraction of sp³-hybridized carbons (Fsp3) is 0.500. The minimum Gasteiger partial charge on any atom is -0.388 e. The van der Waals surface area contributed by atoms with E-state index in [9.17, 15) is 9.90 Å². The number of halogens is 1. The fourth-order valence-corrected chi connectivity index (χ4v) is 2.33. The summed E-state index contributed by atoms with van der Waals surface area (Å²) in [5.41, 5.74) is 3.55. The summed E-state index contributed by atoms with van der Waals surface area (Å²) >= 11 is 5.78. The Morgan fingerprint density at radius 1 is 1.26 bits per heavy atom. The summed E-state index contributed by atoms with van der Waals surface area (Å²) in [4.78, 5) is 11.8. The number of benzene rings is 1. The molecule has 0 aliphatic carbocycles. The first-order valence-electron chi connectivity index (χ1n) is 6.63. The van der Waals surface area contributed by atoms with E-state index in [2.05, 4.69) is 5.43 Å². The molecule has 1 fully saturated rings. The number of hydrazine groups is 1. The van der Waals surface area contributed by atoms with Gasteiger partial charge in [0.1, 0.15) is 0 Å². The Kier molecular flexibility index (Phi) is 5.19. The summed E-state index contributed by atoms with van der Waals surface area (Å²) in [5, 5.41) is 12.5. The van der Waals surface area contributed by atoms with Gasteiger partial charge in [-0.05, 0) is 30.5 Å². The predicted molar refractivity (Wildman–Crippen MR) is 74.6 cm³/mol. The van der Waals surface area contributed by atoms with Crippen LogP contribution in [-0.4, -0.2) is 29.1 Å². The maximum atomic E-state index is 11.8. The van der Waals surface area contributed by atoms with Crippen molar-refractivity contribution in [3.8, 4) is 0 Å². The van der Waals surface area contributed by atoms with Gasteiger partial charge in [-0.15, -0.1) is 0 Å². The molecule has 0 aromatic heterocycles. The lowest BCUT2D eigenvalue weighted by Crippen LogP contribution is -2.45. The van der Waals surface area contributed by atoms with Gasteiger partial charge in [0.2, 0.25) is 5.91 Å². The minimum absolute atomic E-state index is 0.0676. The first-order valence-corrected chi connectivity index (χ1v) is 7.01. The number of piperidine rings is 1. The van der Waals surface area contributed by atoms with Crippen molar-refractivity contribution in [1.82, 2.24) is 10.4 Å². The van der Waals surface area contributed by atoms with Crippen LogP contribution in [0.1, 0.15) is 37.4 Å². The van der Waals surface area contributed by atoms with Gasteiger partial charge in [0.25, 0.3) is 0 Å². The zero-order valence-corrected chi connectivity index (χ0v) is 11.6. The maximum absolute atomic E-state index is 11.8. The Labute approximate surface area is 118 Å². The van der Waals surface area contributed by atoms with Crippen molar-refractivity contribution in [2.45, 2.75) is 31.8 Å². The van der Waals surface area contributed by atoms with Crippen LogP contribution in [0.25, 0.3) is 0 Å². The van der Waals surface area contributed by atoms with Crippen LogP contribution in [0.5, 0.6) is 0 Å². The van der Waals surface area contributed by atoms with Gasteiger partial charge >= 0.3 is 0 Å². The minimum atomic E-state index is -0.790. The van der Waals surface area contributed by atoms with Crippen LogP contribution < -0.4 is 5.43 Å². The van der Waals surface area contributed by atoms with Gasteiger partial charge in [-0.1, -0.05) is 30.2 Å². The van der Waals surface area contributed by atoms with Crippen LogP contribution in [0.3, 0.4) is 0 Å². The number of amides is 1. The SMILES string of the molecule is O=C(CC(O)c1ccc(Cl)cc1)NN1CCCCC1. The highest BCUT2D eigenvalue weighted by Crippen LogP contribution is 2.19. The molecule has 1 unspecified atom stereocenters. The molecule has 0 saturated carbocycles. The van der Waals surface area contributed by atoms with E-state index in [1.807, 2.05) is 5.01 Å². The summed E-state index contributed by atoms with van der Waals surface area (Å²) in [6.45, 7) is 1.78. The molecule has 0 spiro atoms. The average molecular weight is 283 g/mol. The average Bonchev–Trinajstić information content (AvgIpc) is 2.40. The highest BCUT2D eigenvalue weighted by molar-refractivity contribution is 6.30. The number of hydrogen-bond acceptors (Lipinski definition) is 3. The second kappa shape index (κ2) is 6.89. The van der Waals surface area contributed by atoms with E-state index in [-0.39, 0.29) is 12.3 Å². The van der Waals surface area contributed by atoms with Crippen LogP contribution >= 0.6 is 11.6 Å². The summed E-state index contributed by atoms with van der Waals surface area (Å²) < 4.78 is 0. The summed E-state index contributed by atoms with van der Waals surface area (Å²) in [6.07, 6.45) is 2.72. The van der Waals surface area contributed by atoms with Crippen molar-refractivity contribution >= 4 is 17.5 Å². The molecule has 5 heteroatoms. The molecule has 1 heterocycles. The molecule has 2 rings (SSSR count). The van der Waals surface area contributed by atoms with Gasteiger partial charge in [0.15, 0.2) is 0 Å². The van der Waals surface area contributed by atoms with Gasteiger partial charge < -0.3 is 5.11 Å². The van der Waals surface area contributed by atoms with Gasteiger partial charge in [0, 0.05) is 18.1 Å². The number of nitrogens with zero attached hydrogens (tertiary/aromatic N) is 1. The Morgan fingerprint density at radius 3 is 2.53 bits per heavy atom. The number of carbonyl (C=O) groups is 1. The van der Waals surface area contributed by atoms with Crippen LogP contribution in [0.2, 0.25) is 5.02 Å². The number of aliphatic hydroxyl groups is 1. The first-order chi connectivity index (χ1) is 9.15. The van der Waals surface area contributed by atoms with Crippen LogP contribution in [0, 0.1) is 0 Å². The molecule has 19 heavy (non-hydrogen) atoms. The van der Waals surface area contributed by atoms with Crippen molar-refractivity contribution in [3.05, 3.63) is 34.9 Å². The molecular formula is C14H19ClN2O2. The van der Waals surface area contributed by atoms with Gasteiger partial charge in [0.05, 0.1) is 12.5 Å². The normalized spacial score (nSPS) is 18.0. The van der Waals surface area contributed by atoms with Gasteiger partial charge in [-0.25, -0.2) is 5.01 Å². The predicted octanol–water partition coefficient (Wildman–Crippen LogP) is 2.28. The number of aliphatic hydroxyl groups excluding tert-OH is 1. The molecule has 0 bridgehead atoms. The van der Waals surface area contributed by atoms with Crippen LogP contribution in [0.15, 0.2) is 24.3 Å². The molecule has 104 valence electrons. The smallest absolute Gasteiger partial charge is 0.237 e. The second-order valence-electron chi connectivity index (χ2n) is 4.85. The number of rotatable bonds is 4. The van der Waals surface area contributed by atoms with E-state index in [1.165, 1.54) is 6.42 Å². The van der Waals surface area contributed by atoms with Crippen LogP contribution in [0.4, 0.5) is 0 Å². The summed E-state index contributed by atoms with van der Waals surface area (Å²) in [7, 11) is 0. The highest BCUT2D eigenvalue weighted by atomic mass is 35.5. The van der Waals surface area contributed by atoms with Crippen molar-refractivity contribution in [1.29, 1.82) is 0 Å². The standard InChI is InChI=1S/C14H19ClN2O2/c15-12-6-4-11(5-7-12)13(18)10-14(19)16-17-8-2-1-3-9-17/h4-7,13,18H,1-3,8-10H2,(H,16,19). The Hall–Kier alpha value is -1.10. The van der Waals surface area contributed by atoms with Crippen molar-refractivity contribution in [3.63, 3.8) is 0 Å². The van der Waals surface area contributed by atoms with Gasteiger partial charge in [-0.2, -0.15) is 0 Å². The third-order valence-corrected chi connectivity index (χ3v) is 3.52. The fourth-order valence-electron chi connectivity index (χ4n) is 2.21. The Balaban J connectivity index is 1.82. The topological polar surface area (TPSA) is 52.6 Å². The van der Waals surface area contributed by atoms with E-state index in [0.717, 1.165) is 25.9 Å². The van der Waals surface area contributed by atoms with E-state index in [0.29, 0.717) is 10.6 Å². The zero-order chi connectivity index (χ0) is 13.7. The number of carbonyl (C=O) groups excluding carboxylic acids is 1. The largest absolute Gasteiger partial charge is 0.388 e. The van der Waals surface area contributed by atoms with Crippen molar-refractivity contribution in [2.75, 3.05) is 13.1 Å². The molecule has 1 aliphatic rings. The van der Waals surface area contributed by atoms with E-state index in [4.69, 9.17) is 11.6 Å². The molecular weight excluding hydrogens is 264 g/mol. The van der Waals surface area contributed by atoms with Gasteiger partial charge in [-0.3, -0.25) is 10.2 Å². The zero-order valence-electron chi connectivity index (χ0n) is 10.8. The van der Waals surface area contributed by atoms with E-state index < -0.39 is 6.10 Å². The molecule has 1 atom stereocenters. The second-order valence-corrected chi connectivity index (χ2v) is 5.29. The Morgan fingerprint density at radius 2 is 1.89 bits per heavy atom. The highest BCUT2D eigenvalue weighted by Gasteiger charge is 2.16. The number of nitrogens with one attached hydrogen (secondary N) is 1.